The smallest absolute Gasteiger partial charge is 0.320 e. The van der Waals surface area contributed by atoms with Gasteiger partial charge in [-0.15, -0.1) is 0 Å². The summed E-state index contributed by atoms with van der Waals surface area (Å²) in [6, 6.07) is 4.50. The number of nitrogens with two attached hydrogens (primary N) is 1. The number of rotatable bonds is 3. The molecule has 0 amide bonds. The van der Waals surface area contributed by atoms with E-state index >= 15 is 0 Å². The Morgan fingerprint density at radius 1 is 1.62 bits per heavy atom. The molecule has 2 aromatic rings. The molecule has 0 saturated heterocycles. The molecule has 1 aromatic heterocycles. The quantitative estimate of drug-likeness (QED) is 0.808. The molecule has 1 unspecified atom stereocenters. The van der Waals surface area contributed by atoms with Gasteiger partial charge in [0.2, 0.25) is 0 Å². The maximum absolute atomic E-state index is 10.7. The number of benzene rings is 1. The van der Waals surface area contributed by atoms with Gasteiger partial charge >= 0.3 is 5.97 Å². The highest BCUT2D eigenvalue weighted by molar-refractivity contribution is 5.79. The minimum absolute atomic E-state index is 0.249. The van der Waals surface area contributed by atoms with Gasteiger partial charge in [0.1, 0.15) is 11.6 Å². The van der Waals surface area contributed by atoms with Gasteiger partial charge in [-0.1, -0.05) is 12.1 Å². The summed E-state index contributed by atoms with van der Waals surface area (Å²) in [5, 5.41) is 8.75. The third-order valence-corrected chi connectivity index (χ3v) is 2.37. The van der Waals surface area contributed by atoms with Gasteiger partial charge in [0.15, 0.2) is 11.5 Å². The van der Waals surface area contributed by atoms with E-state index in [4.69, 9.17) is 15.3 Å². The second-order valence-corrected chi connectivity index (χ2v) is 3.65. The average molecular weight is 220 g/mol. The topological polar surface area (TPSA) is 89.3 Å². The van der Waals surface area contributed by atoms with E-state index in [0.717, 1.165) is 5.56 Å². The molecule has 0 bridgehead atoms. The minimum Gasteiger partial charge on any atom is -0.480 e. The van der Waals surface area contributed by atoms with Crippen molar-refractivity contribution in [1.82, 2.24) is 4.98 Å². The van der Waals surface area contributed by atoms with Crippen LogP contribution < -0.4 is 5.73 Å². The SMILES string of the molecule is Cc1nc2c(CC(N)C(=O)O)cccc2o1. The van der Waals surface area contributed by atoms with Crippen LogP contribution in [-0.4, -0.2) is 22.1 Å². The summed E-state index contributed by atoms with van der Waals surface area (Å²) in [4.78, 5) is 14.9. The number of hydrogen-bond acceptors (Lipinski definition) is 4. The van der Waals surface area contributed by atoms with E-state index in [2.05, 4.69) is 4.98 Å². The van der Waals surface area contributed by atoms with Gasteiger partial charge in [-0.3, -0.25) is 4.79 Å². The highest BCUT2D eigenvalue weighted by atomic mass is 16.4. The van der Waals surface area contributed by atoms with Gasteiger partial charge in [-0.2, -0.15) is 0 Å². The molecule has 0 fully saturated rings. The first-order chi connectivity index (χ1) is 7.58. The Labute approximate surface area is 91.9 Å². The van der Waals surface area contributed by atoms with E-state index in [0.29, 0.717) is 17.0 Å². The Bertz CT molecular complexity index is 533. The van der Waals surface area contributed by atoms with Gasteiger partial charge in [-0.05, 0) is 11.6 Å². The molecule has 1 atom stereocenters. The van der Waals surface area contributed by atoms with E-state index in [1.165, 1.54) is 0 Å². The second kappa shape index (κ2) is 3.94. The summed E-state index contributed by atoms with van der Waals surface area (Å²) in [5.41, 5.74) is 7.64. The number of aryl methyl sites for hydroxylation is 1. The molecule has 0 aliphatic heterocycles. The number of aliphatic carboxylic acids is 1. The second-order valence-electron chi connectivity index (χ2n) is 3.65. The number of carbonyl (C=O) groups is 1. The van der Waals surface area contributed by atoms with Gasteiger partial charge < -0.3 is 15.3 Å². The van der Waals surface area contributed by atoms with Crippen molar-refractivity contribution >= 4 is 17.1 Å². The molecule has 5 nitrogen and oxygen atoms in total. The van der Waals surface area contributed by atoms with Crippen LogP contribution in [0.2, 0.25) is 0 Å². The molecule has 84 valence electrons. The van der Waals surface area contributed by atoms with E-state index in [1.54, 1.807) is 19.1 Å². The number of nitrogens with zero attached hydrogens (tertiary/aromatic N) is 1. The Balaban J connectivity index is 2.40. The maximum Gasteiger partial charge on any atom is 0.320 e. The molecule has 0 radical (unpaired) electrons. The molecule has 16 heavy (non-hydrogen) atoms. The fourth-order valence-corrected chi connectivity index (χ4v) is 1.61. The summed E-state index contributed by atoms with van der Waals surface area (Å²) in [7, 11) is 0. The minimum atomic E-state index is -1.02. The van der Waals surface area contributed by atoms with Crippen LogP contribution in [0.4, 0.5) is 0 Å². The van der Waals surface area contributed by atoms with Crippen LogP contribution in [-0.2, 0) is 11.2 Å². The van der Waals surface area contributed by atoms with E-state index in [9.17, 15) is 4.79 Å². The Hall–Kier alpha value is -1.88. The lowest BCUT2D eigenvalue weighted by atomic mass is 10.1. The first-order valence-corrected chi connectivity index (χ1v) is 4.91. The van der Waals surface area contributed by atoms with Crippen LogP contribution in [0.15, 0.2) is 22.6 Å². The number of para-hydroxylation sites is 1. The molecule has 0 aliphatic carbocycles. The van der Waals surface area contributed by atoms with Crippen molar-refractivity contribution in [3.8, 4) is 0 Å². The number of aromatic nitrogens is 1. The van der Waals surface area contributed by atoms with Crippen LogP contribution in [0.25, 0.3) is 11.1 Å². The van der Waals surface area contributed by atoms with E-state index in [1.807, 2.05) is 6.07 Å². The standard InChI is InChI=1S/C11H12N2O3/c1-6-13-10-7(5-8(12)11(14)15)3-2-4-9(10)16-6/h2-4,8H,5,12H2,1H3,(H,14,15). The maximum atomic E-state index is 10.7. The molecule has 0 saturated carbocycles. The highest BCUT2D eigenvalue weighted by Gasteiger charge is 2.15. The molecule has 0 aliphatic rings. The summed E-state index contributed by atoms with van der Waals surface area (Å²) >= 11 is 0. The number of carboxylic acid groups (broad SMARTS) is 1. The first kappa shape index (κ1) is 10.6. The zero-order valence-electron chi connectivity index (χ0n) is 8.80. The zero-order valence-corrected chi connectivity index (χ0v) is 8.80. The van der Waals surface area contributed by atoms with Crippen molar-refractivity contribution in [3.05, 3.63) is 29.7 Å². The van der Waals surface area contributed by atoms with Gasteiger partial charge in [0, 0.05) is 13.3 Å². The number of fused-ring (bicyclic) bond motifs is 1. The molecule has 3 N–H and O–H groups in total. The Morgan fingerprint density at radius 2 is 2.38 bits per heavy atom. The van der Waals surface area contributed by atoms with Crippen LogP contribution >= 0.6 is 0 Å². The van der Waals surface area contributed by atoms with Gasteiger partial charge in [-0.25, -0.2) is 4.98 Å². The molecular formula is C11H12N2O3. The Kier molecular flexibility index (Phi) is 2.62. The van der Waals surface area contributed by atoms with Crippen LogP contribution in [0.3, 0.4) is 0 Å². The lowest BCUT2D eigenvalue weighted by Gasteiger charge is -2.05. The molecule has 2 rings (SSSR count). The lowest BCUT2D eigenvalue weighted by molar-refractivity contribution is -0.138. The van der Waals surface area contributed by atoms with Crippen molar-refractivity contribution in [3.63, 3.8) is 0 Å². The number of carboxylic acids is 1. The predicted molar refractivity (Wildman–Crippen MR) is 58.1 cm³/mol. The summed E-state index contributed by atoms with van der Waals surface area (Å²) < 4.78 is 5.35. The zero-order chi connectivity index (χ0) is 11.7. The largest absolute Gasteiger partial charge is 0.480 e. The normalized spacial score (nSPS) is 12.9. The third kappa shape index (κ3) is 1.90. The molecular weight excluding hydrogens is 208 g/mol. The van der Waals surface area contributed by atoms with Crippen LogP contribution in [0.1, 0.15) is 11.5 Å². The van der Waals surface area contributed by atoms with Gasteiger partial charge in [0.05, 0.1) is 0 Å². The van der Waals surface area contributed by atoms with Crippen molar-refractivity contribution in [2.24, 2.45) is 5.73 Å². The molecule has 0 spiro atoms. The van der Waals surface area contributed by atoms with Crippen molar-refractivity contribution in [1.29, 1.82) is 0 Å². The van der Waals surface area contributed by atoms with Crippen LogP contribution in [0.5, 0.6) is 0 Å². The predicted octanol–water partition coefficient (Wildman–Crippen LogP) is 1.09. The fourth-order valence-electron chi connectivity index (χ4n) is 1.61. The van der Waals surface area contributed by atoms with E-state index in [-0.39, 0.29) is 6.42 Å². The fraction of sp³-hybridized carbons (Fsp3) is 0.273. The summed E-state index contributed by atoms with van der Waals surface area (Å²) in [5.74, 6) is -0.455. The van der Waals surface area contributed by atoms with Crippen molar-refractivity contribution in [2.75, 3.05) is 0 Å². The molecule has 1 heterocycles. The lowest BCUT2D eigenvalue weighted by Crippen LogP contribution is -2.32. The summed E-state index contributed by atoms with van der Waals surface area (Å²) in [6.07, 6.45) is 0.249. The summed E-state index contributed by atoms with van der Waals surface area (Å²) in [6.45, 7) is 1.75. The molecule has 1 aromatic carbocycles. The van der Waals surface area contributed by atoms with E-state index < -0.39 is 12.0 Å². The monoisotopic (exact) mass is 220 g/mol. The van der Waals surface area contributed by atoms with Gasteiger partial charge in [0.25, 0.3) is 0 Å². The number of hydrogen-bond donors (Lipinski definition) is 2. The Morgan fingerprint density at radius 3 is 3.06 bits per heavy atom. The van der Waals surface area contributed by atoms with Crippen molar-refractivity contribution < 1.29 is 14.3 Å². The average Bonchev–Trinajstić information content (AvgIpc) is 2.59. The number of oxazole rings is 1. The van der Waals surface area contributed by atoms with Crippen molar-refractivity contribution in [2.45, 2.75) is 19.4 Å². The molecule has 5 heteroatoms. The first-order valence-electron chi connectivity index (χ1n) is 4.91. The highest BCUT2D eigenvalue weighted by Crippen LogP contribution is 2.20. The third-order valence-electron chi connectivity index (χ3n) is 2.37. The van der Waals surface area contributed by atoms with Crippen LogP contribution in [0, 0.1) is 6.92 Å².